The number of hydrogen-bond donors (Lipinski definition) is 5. The van der Waals surface area contributed by atoms with E-state index < -0.39 is 42.6 Å². The summed E-state index contributed by atoms with van der Waals surface area (Å²) in [6.45, 7) is 2.60. The molecule has 0 aliphatic heterocycles. The van der Waals surface area contributed by atoms with Gasteiger partial charge in [0.2, 0.25) is 6.41 Å². The molecule has 0 fully saturated rings. The van der Waals surface area contributed by atoms with E-state index >= 15 is 0 Å². The molecule has 0 radical (unpaired) electrons. The normalized spacial score (nSPS) is 13.7. The maximum Gasteiger partial charge on any atom is 0.469 e. The topological polar surface area (TPSA) is 159 Å². The number of rotatable bonds is 12. The Labute approximate surface area is 228 Å². The van der Waals surface area contributed by atoms with Gasteiger partial charge in [-0.2, -0.15) is 13.2 Å². The van der Waals surface area contributed by atoms with Crippen LogP contribution in [0.1, 0.15) is 30.3 Å². The van der Waals surface area contributed by atoms with Crippen LogP contribution in [0.2, 0.25) is 0 Å². The van der Waals surface area contributed by atoms with E-state index in [-0.39, 0.29) is 51.2 Å². The van der Waals surface area contributed by atoms with Crippen LogP contribution in [0.3, 0.4) is 0 Å². The van der Waals surface area contributed by atoms with E-state index in [2.05, 4.69) is 14.5 Å². The molecule has 17 heteroatoms. The number of phosphoric ester groups is 1. The minimum absolute atomic E-state index is 0.0429. The van der Waals surface area contributed by atoms with Gasteiger partial charge in [-0.1, -0.05) is 0 Å². The molecular formula is C22H25F4N4O6PS2. The number of nitrogens with two attached hydrogens (primary N) is 1. The lowest BCUT2D eigenvalue weighted by atomic mass is 10.2. The molecule has 0 unspecified atom stereocenters. The molecule has 0 bridgehead atoms. The third-order valence-electron chi connectivity index (χ3n) is 4.80. The minimum Gasteiger partial charge on any atom is -0.383 e. The number of hydrogen-bond acceptors (Lipinski definition) is 7. The molecule has 1 heterocycles. The molecule has 0 aliphatic rings. The number of aliphatic hydroxyl groups is 1. The van der Waals surface area contributed by atoms with Gasteiger partial charge in [-0.25, -0.2) is 18.9 Å². The standard InChI is InChI=1S/C22H25F4N4O6PS2/c1-13(30(12-31)11-16-10-28-14(2)29-21(16)27)19(7-8-36-37(33,34)35)38-20(32)6-3-15-9-17(4-5-18(15)23)39-22(24,25)26/h3-6,9-10,12,32,38H,7-8,11H2,1-2H3,(H2,27,28,29)(H2,33,34,35)/b6-3+,19-13-. The summed E-state index contributed by atoms with van der Waals surface area (Å²) >= 11 is -0.379. The number of thioether (sulfide) groups is 1. The Morgan fingerprint density at radius 3 is 2.62 bits per heavy atom. The molecule has 0 saturated heterocycles. The Bertz CT molecular complexity index is 1330. The van der Waals surface area contributed by atoms with Gasteiger partial charge >= 0.3 is 13.3 Å². The Morgan fingerprint density at radius 2 is 2.03 bits per heavy atom. The maximum atomic E-state index is 14.1. The Kier molecular flexibility index (Phi) is 11.8. The molecule has 0 spiro atoms. The van der Waals surface area contributed by atoms with Crippen molar-refractivity contribution in [3.05, 3.63) is 63.8 Å². The van der Waals surface area contributed by atoms with Crippen molar-refractivity contribution in [1.29, 1.82) is 0 Å². The number of anilines is 1. The van der Waals surface area contributed by atoms with Gasteiger partial charge < -0.3 is 25.5 Å². The maximum absolute atomic E-state index is 14.1. The van der Waals surface area contributed by atoms with Gasteiger partial charge in [0.25, 0.3) is 0 Å². The van der Waals surface area contributed by atoms with E-state index in [0.29, 0.717) is 17.8 Å². The third kappa shape index (κ3) is 11.6. The van der Waals surface area contributed by atoms with Crippen LogP contribution in [0, 0.1) is 12.7 Å². The predicted molar refractivity (Wildman–Crippen MR) is 142 cm³/mol. The number of phosphoric acid groups is 1. The zero-order valence-electron chi connectivity index (χ0n) is 20.5. The molecule has 0 saturated carbocycles. The van der Waals surface area contributed by atoms with Crippen molar-refractivity contribution in [2.24, 2.45) is 0 Å². The number of aliphatic hydroxyl groups excluding tert-OH is 1. The lowest BCUT2D eigenvalue weighted by molar-refractivity contribution is -0.116. The van der Waals surface area contributed by atoms with E-state index in [1.165, 1.54) is 18.0 Å². The number of thiol groups is 1. The van der Waals surface area contributed by atoms with Crippen molar-refractivity contribution in [1.82, 2.24) is 14.9 Å². The largest absolute Gasteiger partial charge is 0.469 e. The molecular weight excluding hydrogens is 587 g/mol. The zero-order chi connectivity index (χ0) is 29.4. The lowest BCUT2D eigenvalue weighted by Crippen LogP contribution is -2.22. The second-order valence-electron chi connectivity index (χ2n) is 7.70. The highest BCUT2D eigenvalue weighted by molar-refractivity contribution is 8.02. The number of aromatic nitrogens is 2. The third-order valence-corrected chi connectivity index (χ3v) is 7.23. The van der Waals surface area contributed by atoms with Gasteiger partial charge in [0.15, 0.2) is 0 Å². The first-order valence-electron chi connectivity index (χ1n) is 10.8. The van der Waals surface area contributed by atoms with Crippen LogP contribution in [0.25, 0.3) is 6.08 Å². The molecule has 1 aromatic carbocycles. The van der Waals surface area contributed by atoms with Crippen molar-refractivity contribution < 1.29 is 46.3 Å². The Balaban J connectivity index is 2.40. The van der Waals surface area contributed by atoms with Crippen molar-refractivity contribution in [2.75, 3.05) is 12.3 Å². The summed E-state index contributed by atoms with van der Waals surface area (Å²) in [4.78, 5) is 39.1. The second kappa shape index (κ2) is 14.2. The number of allylic oxidation sites excluding steroid dienone is 1. The Hall–Kier alpha value is -2.59. The summed E-state index contributed by atoms with van der Waals surface area (Å²) in [5.74, 6) is -0.272. The van der Waals surface area contributed by atoms with Crippen molar-refractivity contribution in [3.63, 3.8) is 0 Å². The van der Waals surface area contributed by atoms with E-state index in [0.717, 1.165) is 30.4 Å². The SMILES string of the molecule is C/C(=C(CCOP(=O)(O)O)/[SH]=C(O)\C=C\c1cc(SC(F)(F)F)ccc1F)N(C=O)Cc1cnc(C)nc1N. The van der Waals surface area contributed by atoms with Gasteiger partial charge in [0.1, 0.15) is 17.5 Å². The van der Waals surface area contributed by atoms with E-state index in [1.54, 1.807) is 6.92 Å². The molecule has 2 aromatic rings. The van der Waals surface area contributed by atoms with Gasteiger partial charge in [-0.3, -0.25) is 9.32 Å². The first-order valence-corrected chi connectivity index (χ1v) is 14.0. The van der Waals surface area contributed by atoms with Crippen LogP contribution < -0.4 is 5.73 Å². The number of aryl methyl sites for hydroxylation is 1. The predicted octanol–water partition coefficient (Wildman–Crippen LogP) is 4.67. The highest BCUT2D eigenvalue weighted by Crippen LogP contribution is 2.38. The highest BCUT2D eigenvalue weighted by atomic mass is 32.2. The number of carbonyl (C=O) groups is 1. The molecule has 39 heavy (non-hydrogen) atoms. The van der Waals surface area contributed by atoms with E-state index in [1.807, 2.05) is 0 Å². The molecule has 0 aliphatic carbocycles. The first-order chi connectivity index (χ1) is 18.1. The molecule has 214 valence electrons. The van der Waals surface area contributed by atoms with Gasteiger partial charge in [0, 0.05) is 39.2 Å². The summed E-state index contributed by atoms with van der Waals surface area (Å²) < 4.78 is 67.7. The molecule has 1 amide bonds. The van der Waals surface area contributed by atoms with Gasteiger partial charge in [-0.15, -0.1) is 11.4 Å². The number of halogens is 4. The summed E-state index contributed by atoms with van der Waals surface area (Å²) in [6.07, 6.45) is 3.88. The fourth-order valence-corrected chi connectivity index (χ4v) is 4.82. The quantitative estimate of drug-likeness (QED) is 0.0434. The van der Waals surface area contributed by atoms with Crippen LogP contribution in [0.15, 0.2) is 46.0 Å². The molecule has 5 N–H and O–H groups in total. The average molecular weight is 613 g/mol. The van der Waals surface area contributed by atoms with Crippen molar-refractivity contribution in [3.8, 4) is 0 Å². The fraction of sp³-hybridized carbons (Fsp3) is 0.273. The fourth-order valence-electron chi connectivity index (χ4n) is 2.98. The summed E-state index contributed by atoms with van der Waals surface area (Å²) in [6, 6.07) is 2.80. The van der Waals surface area contributed by atoms with Gasteiger partial charge in [0.05, 0.1) is 18.2 Å². The highest BCUT2D eigenvalue weighted by Gasteiger charge is 2.29. The molecule has 2 rings (SSSR count). The smallest absolute Gasteiger partial charge is 0.383 e. The first kappa shape index (κ1) is 32.6. The number of alkyl halides is 3. The number of amides is 1. The van der Waals surface area contributed by atoms with Crippen LogP contribution in [-0.2, 0) is 20.4 Å². The number of nitrogen functional groups attached to an aromatic ring is 1. The average Bonchev–Trinajstić information content (AvgIpc) is 2.81. The monoisotopic (exact) mass is 612 g/mol. The molecule has 0 atom stereocenters. The van der Waals surface area contributed by atoms with Gasteiger partial charge in [-0.05, 0) is 56.0 Å². The molecule has 10 nitrogen and oxygen atoms in total. The lowest BCUT2D eigenvalue weighted by Gasteiger charge is -2.22. The number of nitrogens with zero attached hydrogens (tertiary/aromatic N) is 3. The number of benzene rings is 1. The van der Waals surface area contributed by atoms with Crippen molar-refractivity contribution >= 4 is 54.3 Å². The zero-order valence-corrected chi connectivity index (χ0v) is 23.1. The van der Waals surface area contributed by atoms with Crippen LogP contribution in [0.5, 0.6) is 0 Å². The summed E-state index contributed by atoms with van der Waals surface area (Å²) in [7, 11) is -4.81. The van der Waals surface area contributed by atoms with Crippen molar-refractivity contribution in [2.45, 2.75) is 37.2 Å². The van der Waals surface area contributed by atoms with Crippen LogP contribution >= 0.6 is 30.9 Å². The summed E-state index contributed by atoms with van der Waals surface area (Å²) in [5, 5.41) is 10.1. The minimum atomic E-state index is -4.81. The number of carbonyl (C=O) groups excluding carboxylic acids is 1. The van der Waals surface area contributed by atoms with E-state index in [9.17, 15) is 32.0 Å². The second-order valence-corrected chi connectivity index (χ2v) is 11.3. The molecule has 1 aromatic heterocycles. The van der Waals surface area contributed by atoms with Crippen LogP contribution in [-0.4, -0.2) is 53.3 Å². The van der Waals surface area contributed by atoms with Crippen LogP contribution in [0.4, 0.5) is 23.4 Å². The summed E-state index contributed by atoms with van der Waals surface area (Å²) in [5.41, 5.74) is 1.79. The Morgan fingerprint density at radius 1 is 1.33 bits per heavy atom. The van der Waals surface area contributed by atoms with E-state index in [4.69, 9.17) is 15.5 Å².